The molecular formula is C25H33ClN4O2. The minimum absolute atomic E-state index is 0. The third-order valence-electron chi connectivity index (χ3n) is 6.71. The maximum absolute atomic E-state index is 13.2. The van der Waals surface area contributed by atoms with Crippen LogP contribution in [0.15, 0.2) is 30.5 Å². The van der Waals surface area contributed by atoms with Gasteiger partial charge in [-0.1, -0.05) is 31.5 Å². The number of halogens is 1. The van der Waals surface area contributed by atoms with Crippen LogP contribution in [-0.4, -0.2) is 54.4 Å². The lowest BCUT2D eigenvalue weighted by Gasteiger charge is -2.36. The zero-order chi connectivity index (χ0) is 22.1. The molecule has 3 heterocycles. The second-order valence-corrected chi connectivity index (χ2v) is 8.90. The predicted octanol–water partition coefficient (Wildman–Crippen LogP) is 3.63. The van der Waals surface area contributed by atoms with Crippen LogP contribution in [0.4, 0.5) is 5.82 Å². The van der Waals surface area contributed by atoms with Gasteiger partial charge in [-0.25, -0.2) is 4.98 Å². The van der Waals surface area contributed by atoms with Crippen LogP contribution in [0.5, 0.6) is 0 Å². The topological polar surface area (TPSA) is 65.5 Å². The van der Waals surface area contributed by atoms with Gasteiger partial charge in [0.05, 0.1) is 5.92 Å². The van der Waals surface area contributed by atoms with Crippen LogP contribution in [0, 0.1) is 26.7 Å². The summed E-state index contributed by atoms with van der Waals surface area (Å²) in [5.41, 5.74) is 5.02. The number of anilines is 1. The highest BCUT2D eigenvalue weighted by atomic mass is 35.5. The first-order chi connectivity index (χ1) is 14.9. The first kappa shape index (κ1) is 24.1. The summed E-state index contributed by atoms with van der Waals surface area (Å²) in [7, 11) is 0. The second kappa shape index (κ2) is 9.90. The van der Waals surface area contributed by atoms with Crippen molar-refractivity contribution in [2.24, 2.45) is 5.92 Å². The number of amides is 2. The lowest BCUT2D eigenvalue weighted by molar-refractivity contribution is -0.120. The molecule has 2 aromatic rings. The zero-order valence-electron chi connectivity index (χ0n) is 19.4. The summed E-state index contributed by atoms with van der Waals surface area (Å²) in [4.78, 5) is 34.3. The van der Waals surface area contributed by atoms with Crippen molar-refractivity contribution in [3.63, 3.8) is 0 Å². The standard InChI is InChI=1S/C25H32N4O2.ClH/c1-5-19-15-27-24(30)22(19)20-6-7-21(17(3)13-20)25(31)29-10-8-28(9-11-29)23-18(4)12-16(2)14-26-23;/h6-7,12-14,19,22H,5,8-11,15H2,1-4H3,(H,27,30);1H/t19?,22-;/m1./s1. The Hall–Kier alpha value is -2.60. The Bertz CT molecular complexity index is 1000. The number of rotatable bonds is 4. The lowest BCUT2D eigenvalue weighted by atomic mass is 9.85. The summed E-state index contributed by atoms with van der Waals surface area (Å²) in [5, 5.41) is 2.98. The van der Waals surface area contributed by atoms with Gasteiger partial charge in [0, 0.05) is 44.5 Å². The number of hydrogen-bond acceptors (Lipinski definition) is 4. The van der Waals surface area contributed by atoms with Crippen molar-refractivity contribution in [3.05, 3.63) is 58.3 Å². The predicted molar refractivity (Wildman–Crippen MR) is 130 cm³/mol. The molecule has 4 rings (SSSR count). The smallest absolute Gasteiger partial charge is 0.254 e. The molecule has 2 fully saturated rings. The summed E-state index contributed by atoms with van der Waals surface area (Å²) in [6.07, 6.45) is 2.86. The van der Waals surface area contributed by atoms with Gasteiger partial charge in [0.2, 0.25) is 5.91 Å². The number of pyridine rings is 1. The molecule has 0 radical (unpaired) electrons. The van der Waals surface area contributed by atoms with Crippen LogP contribution in [0.25, 0.3) is 0 Å². The van der Waals surface area contributed by atoms with E-state index in [0.717, 1.165) is 54.1 Å². The van der Waals surface area contributed by atoms with Gasteiger partial charge in [-0.3, -0.25) is 9.59 Å². The number of nitrogens with zero attached hydrogens (tertiary/aromatic N) is 3. The van der Waals surface area contributed by atoms with E-state index in [9.17, 15) is 9.59 Å². The van der Waals surface area contributed by atoms with E-state index in [1.165, 1.54) is 5.56 Å². The fourth-order valence-electron chi connectivity index (χ4n) is 4.93. The van der Waals surface area contributed by atoms with Crippen LogP contribution in [0.1, 0.15) is 51.9 Å². The molecule has 1 unspecified atom stereocenters. The van der Waals surface area contributed by atoms with E-state index >= 15 is 0 Å². The Kier molecular flexibility index (Phi) is 7.44. The highest BCUT2D eigenvalue weighted by molar-refractivity contribution is 5.96. The Morgan fingerprint density at radius 1 is 1.09 bits per heavy atom. The zero-order valence-corrected chi connectivity index (χ0v) is 20.2. The first-order valence-corrected chi connectivity index (χ1v) is 11.2. The van der Waals surface area contributed by atoms with Gasteiger partial charge >= 0.3 is 0 Å². The Labute approximate surface area is 196 Å². The molecule has 0 bridgehead atoms. The van der Waals surface area contributed by atoms with Gasteiger partial charge in [0.25, 0.3) is 5.91 Å². The number of benzene rings is 1. The average Bonchev–Trinajstić information content (AvgIpc) is 3.14. The molecule has 172 valence electrons. The number of piperazine rings is 1. The van der Waals surface area contributed by atoms with Crippen molar-refractivity contribution < 1.29 is 9.59 Å². The van der Waals surface area contributed by atoms with Gasteiger partial charge in [-0.2, -0.15) is 0 Å². The fraction of sp³-hybridized carbons (Fsp3) is 0.480. The number of nitrogens with one attached hydrogen (secondary N) is 1. The van der Waals surface area contributed by atoms with Crippen molar-refractivity contribution >= 4 is 30.0 Å². The van der Waals surface area contributed by atoms with E-state index in [1.54, 1.807) is 0 Å². The summed E-state index contributed by atoms with van der Waals surface area (Å²) in [6.45, 7) is 11.9. The first-order valence-electron chi connectivity index (χ1n) is 11.2. The molecule has 0 aliphatic carbocycles. The molecule has 2 atom stereocenters. The molecular weight excluding hydrogens is 424 g/mol. The monoisotopic (exact) mass is 456 g/mol. The minimum atomic E-state index is -0.110. The summed E-state index contributed by atoms with van der Waals surface area (Å²) < 4.78 is 0. The van der Waals surface area contributed by atoms with Crippen molar-refractivity contribution in [1.82, 2.24) is 15.2 Å². The van der Waals surface area contributed by atoms with Crippen molar-refractivity contribution in [1.29, 1.82) is 0 Å². The van der Waals surface area contributed by atoms with Crippen LogP contribution in [0.3, 0.4) is 0 Å². The Morgan fingerprint density at radius 2 is 1.81 bits per heavy atom. The minimum Gasteiger partial charge on any atom is -0.355 e. The van der Waals surface area contributed by atoms with Gasteiger partial charge in [0.15, 0.2) is 0 Å². The van der Waals surface area contributed by atoms with E-state index < -0.39 is 0 Å². The van der Waals surface area contributed by atoms with E-state index in [0.29, 0.717) is 19.0 Å². The quantitative estimate of drug-likeness (QED) is 0.762. The third kappa shape index (κ3) is 4.60. The molecule has 2 aliphatic heterocycles. The van der Waals surface area contributed by atoms with Crippen LogP contribution < -0.4 is 10.2 Å². The molecule has 6 nitrogen and oxygen atoms in total. The van der Waals surface area contributed by atoms with E-state index in [2.05, 4.69) is 42.0 Å². The number of hydrogen-bond donors (Lipinski definition) is 1. The molecule has 2 saturated heterocycles. The summed E-state index contributed by atoms with van der Waals surface area (Å²) in [5.74, 6) is 1.39. The van der Waals surface area contributed by atoms with Crippen LogP contribution in [0.2, 0.25) is 0 Å². The highest BCUT2D eigenvalue weighted by Gasteiger charge is 2.35. The molecule has 0 saturated carbocycles. The molecule has 1 aromatic carbocycles. The average molecular weight is 457 g/mol. The van der Waals surface area contributed by atoms with Gasteiger partial charge < -0.3 is 15.1 Å². The number of aryl methyl sites for hydroxylation is 3. The van der Waals surface area contributed by atoms with Gasteiger partial charge in [-0.05, 0) is 55.0 Å². The highest BCUT2D eigenvalue weighted by Crippen LogP contribution is 2.32. The second-order valence-electron chi connectivity index (χ2n) is 8.90. The van der Waals surface area contributed by atoms with E-state index in [4.69, 9.17) is 0 Å². The van der Waals surface area contributed by atoms with Gasteiger partial charge in [0.1, 0.15) is 5.82 Å². The molecule has 32 heavy (non-hydrogen) atoms. The van der Waals surface area contributed by atoms with Gasteiger partial charge in [-0.15, -0.1) is 12.4 Å². The van der Waals surface area contributed by atoms with E-state index in [-0.39, 0.29) is 30.1 Å². The molecule has 2 aliphatic rings. The van der Waals surface area contributed by atoms with Crippen LogP contribution >= 0.6 is 12.4 Å². The van der Waals surface area contributed by atoms with Crippen LogP contribution in [-0.2, 0) is 4.79 Å². The molecule has 7 heteroatoms. The SMILES string of the molecule is CCC1CNC(=O)[C@H]1c1ccc(C(=O)N2CCN(c3ncc(C)cc3C)CC2)c(C)c1.Cl. The molecule has 1 N–H and O–H groups in total. The third-order valence-corrected chi connectivity index (χ3v) is 6.71. The maximum Gasteiger partial charge on any atom is 0.254 e. The van der Waals surface area contributed by atoms with Crippen molar-refractivity contribution in [3.8, 4) is 0 Å². The molecule has 1 aromatic heterocycles. The molecule has 0 spiro atoms. The summed E-state index contributed by atoms with van der Waals surface area (Å²) in [6, 6.07) is 8.05. The summed E-state index contributed by atoms with van der Waals surface area (Å²) >= 11 is 0. The largest absolute Gasteiger partial charge is 0.355 e. The fourth-order valence-corrected chi connectivity index (χ4v) is 4.93. The van der Waals surface area contributed by atoms with Crippen molar-refractivity contribution in [2.75, 3.05) is 37.6 Å². The normalized spacial score (nSPS) is 20.7. The number of carbonyl (C=O) groups is 2. The maximum atomic E-state index is 13.2. The lowest BCUT2D eigenvalue weighted by Crippen LogP contribution is -2.49. The van der Waals surface area contributed by atoms with Crippen molar-refractivity contribution in [2.45, 2.75) is 40.0 Å². The van der Waals surface area contributed by atoms with E-state index in [1.807, 2.05) is 36.2 Å². The Morgan fingerprint density at radius 3 is 2.44 bits per heavy atom. The Balaban J connectivity index is 0.00000289. The number of aromatic nitrogens is 1. The molecule has 2 amide bonds. The number of carbonyl (C=O) groups excluding carboxylic acids is 2.